The van der Waals surface area contributed by atoms with E-state index in [1.54, 1.807) is 8.87 Å². The van der Waals surface area contributed by atoms with Gasteiger partial charge in [0.2, 0.25) is 0 Å². The number of hydrogen-bond acceptors (Lipinski definition) is 4. The molecule has 0 aliphatic carbocycles. The number of ether oxygens (including phenoxy) is 2. The average molecular weight is 393 g/mol. The first-order valence-corrected chi connectivity index (χ1v) is 10.9. The second-order valence-corrected chi connectivity index (χ2v) is 8.28. The molecule has 0 unspecified atom stereocenters. The summed E-state index contributed by atoms with van der Waals surface area (Å²) < 4.78 is 12.0. The van der Waals surface area contributed by atoms with Crippen molar-refractivity contribution in [2.24, 2.45) is 0 Å². The van der Waals surface area contributed by atoms with Crippen molar-refractivity contribution < 1.29 is 24.2 Å². The van der Waals surface area contributed by atoms with Crippen LogP contribution in [0.2, 0.25) is 8.87 Å². The topological polar surface area (TPSA) is 72.8 Å². The number of carboxylic acid groups (broad SMARTS) is 1. The molecule has 0 rings (SSSR count). The number of carboxylic acids is 1. The number of methoxy groups -OCH3 is 1. The molecule has 0 aliphatic rings. The fourth-order valence-electron chi connectivity index (χ4n) is 1.03. The van der Waals surface area contributed by atoms with Crippen molar-refractivity contribution >= 4 is 33.1 Å². The Morgan fingerprint density at radius 2 is 1.65 bits per heavy atom. The Bertz CT molecular complexity index is 260. The molecular weight excluding hydrogens is 367 g/mol. The van der Waals surface area contributed by atoms with Gasteiger partial charge in [0.15, 0.2) is 6.79 Å². The zero-order valence-corrected chi connectivity index (χ0v) is 15.5. The zero-order valence-electron chi connectivity index (χ0n) is 12.7. The fourth-order valence-corrected chi connectivity index (χ4v) is 5.19. The molecule has 0 heterocycles. The minimum absolute atomic E-state index is 0.149. The molecule has 0 atom stereocenters. The van der Waals surface area contributed by atoms with E-state index in [1.165, 1.54) is 32.8 Å². The Morgan fingerprint density at radius 1 is 1.10 bits per heavy atom. The van der Waals surface area contributed by atoms with Crippen LogP contribution in [-0.4, -0.2) is 52.1 Å². The molecule has 116 valence electrons. The van der Waals surface area contributed by atoms with Gasteiger partial charge in [0, 0.05) is 19.3 Å². The molecule has 0 saturated heterocycles. The maximum absolute atomic E-state index is 10.5. The van der Waals surface area contributed by atoms with E-state index in [0.29, 0.717) is 6.08 Å². The second-order valence-electron chi connectivity index (χ2n) is 4.00. The molecule has 2 radical (unpaired) electrons. The van der Waals surface area contributed by atoms with E-state index in [0.717, 1.165) is 6.08 Å². The normalized spacial score (nSPS) is 9.95. The van der Waals surface area contributed by atoms with E-state index in [2.05, 4.69) is 23.3 Å². The first-order chi connectivity index (χ1) is 9.58. The Labute approximate surface area is 131 Å². The van der Waals surface area contributed by atoms with E-state index in [-0.39, 0.29) is 27.9 Å². The van der Waals surface area contributed by atoms with Gasteiger partial charge < -0.3 is 14.6 Å². The van der Waals surface area contributed by atoms with Gasteiger partial charge in [-0.1, -0.05) is 0 Å². The third-order valence-electron chi connectivity index (χ3n) is 2.10. The third kappa shape index (κ3) is 22.6. The summed E-state index contributed by atoms with van der Waals surface area (Å²) in [5.41, 5.74) is 0. The Hall–Kier alpha value is -0.561. The molecule has 0 aliphatic heterocycles. The van der Waals surface area contributed by atoms with Crippen LogP contribution in [0.25, 0.3) is 0 Å². The number of aliphatic carboxylic acids is 1. The molecule has 0 amide bonds. The molecule has 6 heteroatoms. The number of carbonyl (C=O) groups is 2. The molecule has 0 aromatic heterocycles. The quantitative estimate of drug-likeness (QED) is 0.203. The monoisotopic (exact) mass is 394 g/mol. The maximum Gasteiger partial charge on any atom is 0.333 e. The molecular formula is C14H26O5Sn. The van der Waals surface area contributed by atoms with Crippen molar-refractivity contribution in [1.29, 1.82) is 0 Å². The molecule has 0 saturated carbocycles. The number of hydrogen-bond donors (Lipinski definition) is 1. The number of carbonyl (C=O) groups excluding carboxylic acids is 1. The van der Waals surface area contributed by atoms with E-state index in [1.807, 2.05) is 0 Å². The molecule has 0 bridgehead atoms. The predicted octanol–water partition coefficient (Wildman–Crippen LogP) is 2.90. The smallest absolute Gasteiger partial charge is 0.333 e. The van der Waals surface area contributed by atoms with Crippen LogP contribution in [0.5, 0.6) is 0 Å². The summed E-state index contributed by atoms with van der Waals surface area (Å²) >= 11 is 0.149. The number of unbranched alkanes of at least 4 members (excludes halogenated alkanes) is 2. The van der Waals surface area contributed by atoms with E-state index < -0.39 is 11.9 Å². The minimum Gasteiger partial charge on any atom is -0.478 e. The molecule has 0 fully saturated rings. The molecule has 0 aromatic carbocycles. The molecule has 0 spiro atoms. The van der Waals surface area contributed by atoms with Crippen molar-refractivity contribution in [1.82, 2.24) is 0 Å². The van der Waals surface area contributed by atoms with Gasteiger partial charge in [0.05, 0.1) is 0 Å². The van der Waals surface area contributed by atoms with Crippen LogP contribution in [0.15, 0.2) is 12.2 Å². The summed E-state index contributed by atoms with van der Waals surface area (Å²) in [4.78, 5) is 20.3. The molecule has 1 N–H and O–H groups in total. The van der Waals surface area contributed by atoms with Crippen LogP contribution < -0.4 is 0 Å². The largest absolute Gasteiger partial charge is 0.478 e. The Morgan fingerprint density at radius 3 is 2.05 bits per heavy atom. The summed E-state index contributed by atoms with van der Waals surface area (Å²) in [6.45, 7) is 4.40. The zero-order chi connectivity index (χ0) is 15.6. The van der Waals surface area contributed by atoms with Crippen molar-refractivity contribution in [3.8, 4) is 0 Å². The van der Waals surface area contributed by atoms with Crippen molar-refractivity contribution in [3.63, 3.8) is 0 Å². The minimum atomic E-state index is -1.20. The van der Waals surface area contributed by atoms with E-state index in [4.69, 9.17) is 5.11 Å². The van der Waals surface area contributed by atoms with Gasteiger partial charge in [-0.2, -0.15) is 0 Å². The Balaban J connectivity index is 0. The van der Waals surface area contributed by atoms with Crippen molar-refractivity contribution in [3.05, 3.63) is 12.2 Å². The summed E-state index contributed by atoms with van der Waals surface area (Å²) in [6, 6.07) is 0. The van der Waals surface area contributed by atoms with Gasteiger partial charge in [-0.05, 0) is 0 Å². The number of esters is 1. The summed E-state index contributed by atoms with van der Waals surface area (Å²) in [5, 5.41) is 8.06. The van der Waals surface area contributed by atoms with Crippen LogP contribution in [0.3, 0.4) is 0 Å². The second kappa shape index (κ2) is 18.4. The van der Waals surface area contributed by atoms with E-state index in [9.17, 15) is 9.59 Å². The van der Waals surface area contributed by atoms with Crippen LogP contribution >= 0.6 is 0 Å². The van der Waals surface area contributed by atoms with Gasteiger partial charge >= 0.3 is 81.5 Å². The molecule has 20 heavy (non-hydrogen) atoms. The van der Waals surface area contributed by atoms with Crippen LogP contribution in [0, 0.1) is 0 Å². The summed E-state index contributed by atoms with van der Waals surface area (Å²) in [6.07, 6.45) is 7.34. The van der Waals surface area contributed by atoms with E-state index >= 15 is 0 Å². The maximum atomic E-state index is 10.5. The summed E-state index contributed by atoms with van der Waals surface area (Å²) in [5.74, 6) is -1.94. The molecule has 0 aromatic rings. The first-order valence-electron chi connectivity index (χ1n) is 6.85. The van der Waals surface area contributed by atoms with Crippen LogP contribution in [-0.2, 0) is 19.1 Å². The predicted molar refractivity (Wildman–Crippen MR) is 79.9 cm³/mol. The van der Waals surface area contributed by atoms with Crippen LogP contribution in [0.1, 0.15) is 39.5 Å². The van der Waals surface area contributed by atoms with Gasteiger partial charge in [-0.3, -0.25) is 0 Å². The molecule has 5 nitrogen and oxygen atoms in total. The first kappa shape index (κ1) is 21.7. The third-order valence-corrected chi connectivity index (χ3v) is 6.13. The van der Waals surface area contributed by atoms with Crippen molar-refractivity contribution in [2.45, 2.75) is 48.4 Å². The fraction of sp³-hybridized carbons (Fsp3) is 0.714. The van der Waals surface area contributed by atoms with Gasteiger partial charge in [-0.15, -0.1) is 0 Å². The summed E-state index contributed by atoms with van der Waals surface area (Å²) in [7, 11) is 1.36. The van der Waals surface area contributed by atoms with Gasteiger partial charge in [0.25, 0.3) is 0 Å². The number of rotatable bonds is 10. The average Bonchev–Trinajstić information content (AvgIpc) is 2.43. The Kier molecular flexibility index (Phi) is 20.0. The van der Waals surface area contributed by atoms with Crippen molar-refractivity contribution in [2.75, 3.05) is 13.9 Å². The van der Waals surface area contributed by atoms with Gasteiger partial charge in [-0.25, -0.2) is 9.59 Å². The SMILES string of the molecule is CCC[CH2][Sn][CH2]CCC.COCOC(=O)C=CC(=O)O. The van der Waals surface area contributed by atoms with Gasteiger partial charge in [0.1, 0.15) is 0 Å². The van der Waals surface area contributed by atoms with Crippen LogP contribution in [0.4, 0.5) is 0 Å². The standard InChI is InChI=1S/C6H8O5.2C4H9.Sn/c1-10-4-11-6(9)3-2-5(7)8;2*1-3-4-2;/h2-3H,4H2,1H3,(H,7,8);2*1,3-4H2,2H3;.